The molecule has 10 heteroatoms. The molecule has 0 aromatic rings. The van der Waals surface area contributed by atoms with Crippen molar-refractivity contribution in [3.63, 3.8) is 0 Å². The molecule has 0 aromatic carbocycles. The molecule has 0 aliphatic rings. The lowest BCUT2D eigenvalue weighted by Crippen LogP contribution is -1.93. The fourth-order valence-corrected chi connectivity index (χ4v) is 0.0830. The van der Waals surface area contributed by atoms with Gasteiger partial charge in [-0.05, 0) is 15.3 Å². The van der Waals surface area contributed by atoms with Crippen molar-refractivity contribution in [2.24, 2.45) is 15.7 Å². The fraction of sp³-hybridized carbons (Fsp3) is 0. The number of hydrogen-bond acceptors (Lipinski definition) is 8. The van der Waals surface area contributed by atoms with Crippen LogP contribution in [0.4, 0.5) is 0 Å². The Morgan fingerprint density at radius 3 is 2.60 bits per heavy atom. The van der Waals surface area contributed by atoms with Crippen molar-refractivity contribution in [2.45, 2.75) is 0 Å². The Kier molecular flexibility index (Phi) is 6.86. The SMILES string of the molecule is N=N/N=N/OOOOOO. The van der Waals surface area contributed by atoms with Crippen LogP contribution in [0.3, 0.4) is 0 Å². The van der Waals surface area contributed by atoms with Crippen molar-refractivity contribution in [3.05, 3.63) is 0 Å². The summed E-state index contributed by atoms with van der Waals surface area (Å²) in [5.41, 5.74) is 6.01. The van der Waals surface area contributed by atoms with E-state index in [1.54, 1.807) is 0 Å². The van der Waals surface area contributed by atoms with E-state index in [4.69, 9.17) is 10.8 Å². The van der Waals surface area contributed by atoms with Gasteiger partial charge in [0.2, 0.25) is 0 Å². The van der Waals surface area contributed by atoms with E-state index in [2.05, 4.69) is 40.9 Å². The average molecular weight is 154 g/mol. The maximum absolute atomic E-state index is 7.38. The number of nitrogens with one attached hydrogen (secondary N) is 1. The van der Waals surface area contributed by atoms with Crippen molar-refractivity contribution >= 4 is 0 Å². The van der Waals surface area contributed by atoms with E-state index < -0.39 is 0 Å². The summed E-state index contributed by atoms with van der Waals surface area (Å²) in [6.07, 6.45) is 0. The molecule has 0 atom stereocenters. The molecule has 0 rings (SSSR count). The minimum atomic E-state index is 2.38. The van der Waals surface area contributed by atoms with Crippen molar-refractivity contribution < 1.29 is 30.4 Å². The molecule has 10 heavy (non-hydrogen) atoms. The van der Waals surface area contributed by atoms with Crippen LogP contribution in [-0.4, -0.2) is 5.26 Å². The van der Waals surface area contributed by atoms with Gasteiger partial charge in [0, 0.05) is 15.3 Å². The highest BCUT2D eigenvalue weighted by Gasteiger charge is 1.86. The highest BCUT2D eigenvalue weighted by Crippen LogP contribution is 1.85. The highest BCUT2D eigenvalue weighted by molar-refractivity contribution is 3.82. The van der Waals surface area contributed by atoms with Crippen LogP contribution in [0.5, 0.6) is 0 Å². The topological polar surface area (TPSA) is 127 Å². The van der Waals surface area contributed by atoms with Crippen LogP contribution >= 0.6 is 0 Å². The molecular formula is H2N4O6. The minimum absolute atomic E-state index is 2.38. The Morgan fingerprint density at radius 2 is 2.00 bits per heavy atom. The van der Waals surface area contributed by atoms with Gasteiger partial charge in [-0.3, -0.25) is 0 Å². The molecular weight excluding hydrogens is 152 g/mol. The molecule has 0 heterocycles. The Bertz CT molecular complexity index is 99.9. The molecule has 0 fully saturated rings. The first kappa shape index (κ1) is 8.80. The smallest absolute Gasteiger partial charge is 0.0906 e. The van der Waals surface area contributed by atoms with E-state index in [1.165, 1.54) is 0 Å². The van der Waals surface area contributed by atoms with Crippen LogP contribution in [0.2, 0.25) is 0 Å². The first-order valence-corrected chi connectivity index (χ1v) is 1.66. The van der Waals surface area contributed by atoms with Gasteiger partial charge in [-0.1, -0.05) is 0 Å². The average Bonchev–Trinajstić information content (AvgIpc) is 1.97. The summed E-state index contributed by atoms with van der Waals surface area (Å²) in [5, 5.41) is 27.9. The van der Waals surface area contributed by atoms with Gasteiger partial charge in [-0.15, -0.1) is 0 Å². The van der Waals surface area contributed by atoms with Crippen LogP contribution in [0.15, 0.2) is 15.7 Å². The fourth-order valence-electron chi connectivity index (χ4n) is 0.0830. The zero-order chi connectivity index (χ0) is 7.66. The summed E-state index contributed by atoms with van der Waals surface area (Å²) in [4.78, 5) is 3.58. The Balaban J connectivity index is 2.90. The maximum atomic E-state index is 7.38. The summed E-state index contributed by atoms with van der Waals surface area (Å²) >= 11 is 0. The Morgan fingerprint density at radius 1 is 1.20 bits per heavy atom. The van der Waals surface area contributed by atoms with Gasteiger partial charge in [0.1, 0.15) is 0 Å². The lowest BCUT2D eigenvalue weighted by Gasteiger charge is -1.89. The minimum Gasteiger partial charge on any atom is -0.219 e. The van der Waals surface area contributed by atoms with E-state index in [-0.39, 0.29) is 0 Å². The summed E-state index contributed by atoms with van der Waals surface area (Å²) in [6.45, 7) is 0. The van der Waals surface area contributed by atoms with Gasteiger partial charge in [0.15, 0.2) is 0 Å². The lowest BCUT2D eigenvalue weighted by molar-refractivity contribution is -0.754. The summed E-state index contributed by atoms with van der Waals surface area (Å²) < 4.78 is 0. The predicted octanol–water partition coefficient (Wildman–Crippen LogP) is 0.516. The van der Waals surface area contributed by atoms with Gasteiger partial charge < -0.3 is 0 Å². The zero-order valence-electron chi connectivity index (χ0n) is 4.33. The van der Waals surface area contributed by atoms with Gasteiger partial charge in [0.05, 0.1) is 5.28 Å². The maximum Gasteiger partial charge on any atom is 0.0906 e. The largest absolute Gasteiger partial charge is 0.219 e. The number of nitrogens with zero attached hydrogens (tertiary/aromatic N) is 3. The second kappa shape index (κ2) is 7.80. The normalized spacial score (nSPS) is 10.1. The number of hydrogen-bond donors (Lipinski definition) is 2. The zero-order valence-corrected chi connectivity index (χ0v) is 4.33. The first-order valence-electron chi connectivity index (χ1n) is 1.66. The van der Waals surface area contributed by atoms with Crippen molar-refractivity contribution in [3.8, 4) is 0 Å². The second-order valence-electron chi connectivity index (χ2n) is 0.624. The molecule has 0 spiro atoms. The van der Waals surface area contributed by atoms with E-state index in [0.717, 1.165) is 0 Å². The van der Waals surface area contributed by atoms with Crippen molar-refractivity contribution in [2.75, 3.05) is 0 Å². The van der Waals surface area contributed by atoms with Gasteiger partial charge in [-0.2, -0.15) is 10.5 Å². The molecule has 0 aliphatic heterocycles. The molecule has 10 nitrogen and oxygen atoms in total. The van der Waals surface area contributed by atoms with E-state index in [0.29, 0.717) is 0 Å². The van der Waals surface area contributed by atoms with Crippen LogP contribution in [0.1, 0.15) is 0 Å². The van der Waals surface area contributed by atoms with E-state index in [1.807, 2.05) is 0 Å². The Labute approximate surface area is 53.0 Å². The van der Waals surface area contributed by atoms with Crippen LogP contribution in [0.25, 0.3) is 0 Å². The van der Waals surface area contributed by atoms with Gasteiger partial charge >= 0.3 is 0 Å². The van der Waals surface area contributed by atoms with Crippen LogP contribution < -0.4 is 0 Å². The molecule has 0 aromatic heterocycles. The molecule has 58 valence electrons. The van der Waals surface area contributed by atoms with Gasteiger partial charge in [-0.25, -0.2) is 5.26 Å². The predicted molar refractivity (Wildman–Crippen MR) is 18.1 cm³/mol. The molecule has 0 amide bonds. The summed E-state index contributed by atoms with van der Waals surface area (Å²) in [5.74, 6) is 0. The highest BCUT2D eigenvalue weighted by atomic mass is 17.8. The second-order valence-corrected chi connectivity index (χ2v) is 0.624. The summed E-state index contributed by atoms with van der Waals surface area (Å²) in [6, 6.07) is 0. The van der Waals surface area contributed by atoms with Crippen molar-refractivity contribution in [1.82, 2.24) is 0 Å². The first-order chi connectivity index (χ1) is 4.91. The third-order valence-electron chi connectivity index (χ3n) is 0.231. The monoisotopic (exact) mass is 154 g/mol. The van der Waals surface area contributed by atoms with Crippen molar-refractivity contribution in [1.29, 1.82) is 5.53 Å². The molecule has 0 saturated carbocycles. The standard InChI is InChI=1S/H2N4O6/c1-2-3-4-6-8-10-9-7-5/h1,5H/b2-1?,4-3+. The summed E-state index contributed by atoms with van der Waals surface area (Å²) in [7, 11) is 0. The Hall–Kier alpha value is -1.20. The third kappa shape index (κ3) is 6.80. The van der Waals surface area contributed by atoms with E-state index >= 15 is 0 Å². The molecule has 0 radical (unpaired) electrons. The third-order valence-corrected chi connectivity index (χ3v) is 0.231. The van der Waals surface area contributed by atoms with Crippen LogP contribution in [-0.2, 0) is 25.1 Å². The molecule has 0 bridgehead atoms. The molecule has 2 N–H and O–H groups in total. The molecule has 0 saturated heterocycles. The molecule has 0 unspecified atom stereocenters. The number of rotatable bonds is 6. The quantitative estimate of drug-likeness (QED) is 0.248. The van der Waals surface area contributed by atoms with Crippen LogP contribution in [0, 0.1) is 5.53 Å². The van der Waals surface area contributed by atoms with E-state index in [9.17, 15) is 0 Å². The van der Waals surface area contributed by atoms with Gasteiger partial charge in [0.25, 0.3) is 0 Å². The lowest BCUT2D eigenvalue weighted by atomic mass is 12.6. The molecule has 0 aliphatic carbocycles.